The third kappa shape index (κ3) is 3.65. The highest BCUT2D eigenvalue weighted by Gasteiger charge is 2.24. The van der Waals surface area contributed by atoms with Crippen molar-refractivity contribution in [3.05, 3.63) is 90.7 Å². The van der Waals surface area contributed by atoms with Gasteiger partial charge in [-0.2, -0.15) is 10.4 Å². The molecule has 5 rings (SSSR count). The van der Waals surface area contributed by atoms with Crippen molar-refractivity contribution in [2.75, 3.05) is 5.32 Å². The van der Waals surface area contributed by atoms with Crippen molar-refractivity contribution >= 4 is 16.9 Å². The summed E-state index contributed by atoms with van der Waals surface area (Å²) < 4.78 is 12.7. The van der Waals surface area contributed by atoms with Crippen molar-refractivity contribution in [2.24, 2.45) is 0 Å². The van der Waals surface area contributed by atoms with E-state index in [1.165, 1.54) is 18.9 Å². The van der Waals surface area contributed by atoms with Crippen LogP contribution in [0.2, 0.25) is 0 Å². The number of anilines is 1. The second-order valence-electron chi connectivity index (χ2n) is 7.01. The number of benzene rings is 1. The average Bonchev–Trinajstić information content (AvgIpc) is 3.29. The Morgan fingerprint density at radius 2 is 2.19 bits per heavy atom. The summed E-state index contributed by atoms with van der Waals surface area (Å²) >= 11 is 0. The zero-order valence-corrected chi connectivity index (χ0v) is 16.5. The Kier molecular flexibility index (Phi) is 4.91. The molecular formula is C23H18N6O2. The van der Waals surface area contributed by atoms with Gasteiger partial charge in [-0.05, 0) is 36.6 Å². The smallest absolute Gasteiger partial charge is 0.168 e. The summed E-state index contributed by atoms with van der Waals surface area (Å²) in [4.78, 5) is 8.89. The third-order valence-corrected chi connectivity index (χ3v) is 5.09. The topological polar surface area (TPSA) is 97.9 Å². The van der Waals surface area contributed by atoms with Crippen LogP contribution in [0.5, 0.6) is 0 Å². The molecular weight excluding hydrogens is 392 g/mol. The predicted molar refractivity (Wildman–Crippen MR) is 115 cm³/mol. The molecule has 8 nitrogen and oxygen atoms in total. The highest BCUT2D eigenvalue weighted by atomic mass is 16.5. The van der Waals surface area contributed by atoms with E-state index in [0.29, 0.717) is 22.8 Å². The van der Waals surface area contributed by atoms with Crippen molar-refractivity contribution in [3.8, 4) is 11.8 Å². The minimum atomic E-state index is -0.252. The van der Waals surface area contributed by atoms with E-state index in [4.69, 9.17) is 9.47 Å². The van der Waals surface area contributed by atoms with Gasteiger partial charge in [-0.15, -0.1) is 0 Å². The molecule has 1 aromatic carbocycles. The number of nitriles is 1. The maximum atomic E-state index is 9.21. The highest BCUT2D eigenvalue weighted by molar-refractivity contribution is 5.87. The standard InChI is InChI=1S/C23H18N6O2/c24-12-16-5-4-8-18(11-16)29-23-19(13-27-29)22(25-15-26-23)28-21(17-6-2-1-3-7-17)20-14-30-9-10-31-20/h1-2,4-6,8-11,13-15,21H,3,7H2,(H,25,26,28). The zero-order valence-electron chi connectivity index (χ0n) is 16.5. The van der Waals surface area contributed by atoms with Gasteiger partial charge in [0.2, 0.25) is 0 Å². The van der Waals surface area contributed by atoms with Crippen LogP contribution >= 0.6 is 0 Å². The zero-order chi connectivity index (χ0) is 21.0. The van der Waals surface area contributed by atoms with Gasteiger partial charge in [-0.25, -0.2) is 14.6 Å². The van der Waals surface area contributed by atoms with Gasteiger partial charge in [-0.3, -0.25) is 0 Å². The molecule has 0 saturated carbocycles. The maximum Gasteiger partial charge on any atom is 0.168 e. The molecule has 31 heavy (non-hydrogen) atoms. The molecule has 2 aromatic heterocycles. The molecule has 3 heterocycles. The predicted octanol–water partition coefficient (Wildman–Crippen LogP) is 4.10. The Morgan fingerprint density at radius 1 is 1.23 bits per heavy atom. The monoisotopic (exact) mass is 410 g/mol. The summed E-state index contributed by atoms with van der Waals surface area (Å²) in [5.74, 6) is 1.28. The number of allylic oxidation sites excluding steroid dienone is 3. The molecule has 0 bridgehead atoms. The van der Waals surface area contributed by atoms with Gasteiger partial charge < -0.3 is 14.8 Å². The van der Waals surface area contributed by atoms with Crippen LogP contribution in [0.4, 0.5) is 5.82 Å². The lowest BCUT2D eigenvalue weighted by atomic mass is 9.96. The Morgan fingerprint density at radius 3 is 3.00 bits per heavy atom. The Bertz CT molecular complexity index is 1290. The number of hydrogen-bond acceptors (Lipinski definition) is 7. The fraction of sp³-hybridized carbons (Fsp3) is 0.130. The molecule has 3 aromatic rings. The Balaban J connectivity index is 1.54. The number of nitrogens with one attached hydrogen (secondary N) is 1. The van der Waals surface area contributed by atoms with Gasteiger partial charge in [0.25, 0.3) is 0 Å². The Labute approximate surface area is 178 Å². The summed E-state index contributed by atoms with van der Waals surface area (Å²) in [6.07, 6.45) is 15.9. The van der Waals surface area contributed by atoms with Gasteiger partial charge in [0.1, 0.15) is 37.0 Å². The van der Waals surface area contributed by atoms with E-state index < -0.39 is 0 Å². The first kappa shape index (κ1) is 18.6. The van der Waals surface area contributed by atoms with Crippen molar-refractivity contribution in [3.63, 3.8) is 0 Å². The van der Waals surface area contributed by atoms with Crippen LogP contribution in [0.15, 0.2) is 85.1 Å². The molecule has 1 atom stereocenters. The number of nitrogens with zero attached hydrogens (tertiary/aromatic N) is 5. The van der Waals surface area contributed by atoms with Gasteiger partial charge in [-0.1, -0.05) is 24.3 Å². The molecule has 0 saturated heterocycles. The van der Waals surface area contributed by atoms with Gasteiger partial charge in [0.05, 0.1) is 28.9 Å². The van der Waals surface area contributed by atoms with Crippen molar-refractivity contribution in [2.45, 2.75) is 18.9 Å². The molecule has 0 amide bonds. The molecule has 2 aliphatic rings. The first-order valence-electron chi connectivity index (χ1n) is 9.82. The number of fused-ring (bicyclic) bond motifs is 1. The summed E-state index contributed by atoms with van der Waals surface area (Å²) in [6.45, 7) is 0. The van der Waals surface area contributed by atoms with Gasteiger partial charge in [0.15, 0.2) is 11.4 Å². The van der Waals surface area contributed by atoms with Crippen LogP contribution in [-0.4, -0.2) is 25.8 Å². The largest absolute Gasteiger partial charge is 0.466 e. The molecule has 0 fully saturated rings. The molecule has 1 unspecified atom stereocenters. The second kappa shape index (κ2) is 8.16. The molecule has 0 spiro atoms. The Hall–Kier alpha value is -4.38. The van der Waals surface area contributed by atoms with E-state index >= 15 is 0 Å². The van der Waals surface area contributed by atoms with Crippen LogP contribution in [0.1, 0.15) is 18.4 Å². The summed E-state index contributed by atoms with van der Waals surface area (Å²) in [5, 5.41) is 17.9. The highest BCUT2D eigenvalue weighted by Crippen LogP contribution is 2.29. The van der Waals surface area contributed by atoms with Crippen molar-refractivity contribution in [1.29, 1.82) is 5.26 Å². The van der Waals surface area contributed by atoms with Crippen LogP contribution in [0.3, 0.4) is 0 Å². The summed E-state index contributed by atoms with van der Waals surface area (Å²) in [5.41, 5.74) is 3.11. The average molecular weight is 410 g/mol. The lowest BCUT2D eigenvalue weighted by Crippen LogP contribution is -2.27. The lowest BCUT2D eigenvalue weighted by molar-refractivity contribution is 0.245. The SMILES string of the molecule is N#Cc1cccc(-n2ncc3c(NC(C4=CC=CCC4)C4=COC=CO4)ncnc32)c1. The first-order valence-corrected chi connectivity index (χ1v) is 9.82. The number of rotatable bonds is 5. The molecule has 1 aliphatic heterocycles. The second-order valence-corrected chi connectivity index (χ2v) is 7.01. The number of aromatic nitrogens is 4. The van der Waals surface area contributed by atoms with Crippen LogP contribution in [0.25, 0.3) is 16.7 Å². The van der Waals surface area contributed by atoms with E-state index in [2.05, 4.69) is 38.6 Å². The normalized spacial score (nSPS) is 16.0. The molecule has 1 N–H and O–H groups in total. The minimum Gasteiger partial charge on any atom is -0.466 e. The summed E-state index contributed by atoms with van der Waals surface area (Å²) in [7, 11) is 0. The van der Waals surface area contributed by atoms with Gasteiger partial charge >= 0.3 is 0 Å². The lowest BCUT2D eigenvalue weighted by Gasteiger charge is -2.26. The van der Waals surface area contributed by atoms with Crippen LogP contribution in [0, 0.1) is 11.3 Å². The fourth-order valence-electron chi connectivity index (χ4n) is 3.61. The maximum absolute atomic E-state index is 9.21. The number of hydrogen-bond donors (Lipinski definition) is 1. The third-order valence-electron chi connectivity index (χ3n) is 5.09. The van der Waals surface area contributed by atoms with Crippen molar-refractivity contribution in [1.82, 2.24) is 19.7 Å². The van der Waals surface area contributed by atoms with E-state index in [9.17, 15) is 5.26 Å². The van der Waals surface area contributed by atoms with E-state index in [1.54, 1.807) is 29.3 Å². The molecule has 1 aliphatic carbocycles. The molecule has 152 valence electrons. The molecule has 0 radical (unpaired) electrons. The fourth-order valence-corrected chi connectivity index (χ4v) is 3.61. The quantitative estimate of drug-likeness (QED) is 0.676. The minimum absolute atomic E-state index is 0.252. The van der Waals surface area contributed by atoms with Crippen LogP contribution < -0.4 is 5.32 Å². The van der Waals surface area contributed by atoms with E-state index in [-0.39, 0.29) is 6.04 Å². The first-order chi connectivity index (χ1) is 15.3. The number of ether oxygens (including phenoxy) is 2. The van der Waals surface area contributed by atoms with E-state index in [0.717, 1.165) is 29.5 Å². The summed E-state index contributed by atoms with van der Waals surface area (Å²) in [6, 6.07) is 9.13. The van der Waals surface area contributed by atoms with E-state index in [1.807, 2.05) is 18.2 Å². The van der Waals surface area contributed by atoms with Gasteiger partial charge in [0, 0.05) is 0 Å². The van der Waals surface area contributed by atoms with Crippen molar-refractivity contribution < 1.29 is 9.47 Å². The molecule has 8 heteroatoms. The van der Waals surface area contributed by atoms with Crippen LogP contribution in [-0.2, 0) is 9.47 Å².